The first kappa shape index (κ1) is 13.5. The lowest BCUT2D eigenvalue weighted by Crippen LogP contribution is -2.13. The van der Waals surface area contributed by atoms with E-state index in [4.69, 9.17) is 9.15 Å². The minimum absolute atomic E-state index is 0.296. The molecule has 2 rings (SSSR count). The number of hydrogen-bond donors (Lipinski definition) is 1. The Hall–Kier alpha value is -1.88. The number of ether oxygens (including phenoxy) is 1. The van der Waals surface area contributed by atoms with Crippen LogP contribution in [-0.4, -0.2) is 16.7 Å². The van der Waals surface area contributed by atoms with Gasteiger partial charge in [-0.3, -0.25) is 0 Å². The third kappa shape index (κ3) is 3.54. The molecule has 1 heterocycles. The Bertz CT molecular complexity index is 537. The van der Waals surface area contributed by atoms with Gasteiger partial charge in [0, 0.05) is 19.0 Å². The molecule has 102 valence electrons. The lowest BCUT2D eigenvalue weighted by atomic mass is 10.1. The second kappa shape index (κ2) is 6.33. The Morgan fingerprint density at radius 2 is 2.11 bits per heavy atom. The highest BCUT2D eigenvalue weighted by molar-refractivity contribution is 5.40. The van der Waals surface area contributed by atoms with Crippen molar-refractivity contribution in [1.82, 2.24) is 15.5 Å². The van der Waals surface area contributed by atoms with E-state index in [0.717, 1.165) is 30.0 Å². The Kier molecular flexibility index (Phi) is 4.52. The second-order valence-electron chi connectivity index (χ2n) is 4.35. The molecule has 19 heavy (non-hydrogen) atoms. The summed E-state index contributed by atoms with van der Waals surface area (Å²) in [5.41, 5.74) is 2.24. The zero-order chi connectivity index (χ0) is 13.7. The smallest absolute Gasteiger partial charge is 0.253 e. The molecule has 0 bridgehead atoms. The molecule has 5 heteroatoms. The van der Waals surface area contributed by atoms with Gasteiger partial charge in [0.15, 0.2) is 6.61 Å². The second-order valence-corrected chi connectivity index (χ2v) is 4.35. The highest BCUT2D eigenvalue weighted by Crippen LogP contribution is 2.24. The first-order chi connectivity index (χ1) is 9.20. The first-order valence-electron chi connectivity index (χ1n) is 6.41. The van der Waals surface area contributed by atoms with Gasteiger partial charge >= 0.3 is 0 Å². The number of aryl methyl sites for hydroxylation is 2. The van der Waals surface area contributed by atoms with Crippen LogP contribution in [0.3, 0.4) is 0 Å². The molecule has 2 aromatic rings. The van der Waals surface area contributed by atoms with E-state index in [1.54, 1.807) is 6.92 Å². The molecule has 0 fully saturated rings. The summed E-state index contributed by atoms with van der Waals surface area (Å²) in [6.07, 6.45) is 0. The van der Waals surface area contributed by atoms with Gasteiger partial charge in [0.05, 0.1) is 0 Å². The Labute approximate surface area is 113 Å². The number of nitrogens with one attached hydrogen (secondary N) is 1. The fourth-order valence-electron chi connectivity index (χ4n) is 1.85. The normalized spacial score (nSPS) is 10.7. The molecular formula is C14H19N3O2. The molecule has 1 aromatic carbocycles. The summed E-state index contributed by atoms with van der Waals surface area (Å²) in [4.78, 5) is 0. The van der Waals surface area contributed by atoms with Crippen LogP contribution >= 0.6 is 0 Å². The average molecular weight is 261 g/mol. The topological polar surface area (TPSA) is 60.2 Å². The van der Waals surface area contributed by atoms with Crippen LogP contribution in [0.1, 0.15) is 29.8 Å². The molecule has 0 saturated heterocycles. The molecule has 0 amide bonds. The maximum Gasteiger partial charge on any atom is 0.253 e. The fourth-order valence-corrected chi connectivity index (χ4v) is 1.85. The largest absolute Gasteiger partial charge is 0.483 e. The zero-order valence-corrected chi connectivity index (χ0v) is 11.6. The minimum Gasteiger partial charge on any atom is -0.483 e. The molecule has 0 aliphatic carbocycles. The van der Waals surface area contributed by atoms with Gasteiger partial charge in [-0.25, -0.2) is 0 Å². The van der Waals surface area contributed by atoms with E-state index in [1.807, 2.05) is 19.1 Å². The third-order valence-corrected chi connectivity index (χ3v) is 2.77. The van der Waals surface area contributed by atoms with E-state index in [9.17, 15) is 0 Å². The molecule has 0 radical (unpaired) electrons. The molecular weight excluding hydrogens is 242 g/mol. The molecule has 0 atom stereocenters. The SMILES string of the molecule is CCNCc1cccc(C)c1OCc1nnc(C)o1. The van der Waals surface area contributed by atoms with Crippen LogP contribution in [0.4, 0.5) is 0 Å². The van der Waals surface area contributed by atoms with E-state index in [0.29, 0.717) is 18.4 Å². The number of benzene rings is 1. The number of rotatable bonds is 6. The summed E-state index contributed by atoms with van der Waals surface area (Å²) >= 11 is 0. The molecule has 0 saturated carbocycles. The molecule has 0 aliphatic rings. The van der Waals surface area contributed by atoms with Gasteiger partial charge in [0.2, 0.25) is 5.89 Å². The predicted molar refractivity (Wildman–Crippen MR) is 71.9 cm³/mol. The van der Waals surface area contributed by atoms with Gasteiger partial charge in [0.25, 0.3) is 5.89 Å². The Morgan fingerprint density at radius 1 is 1.26 bits per heavy atom. The van der Waals surface area contributed by atoms with Gasteiger partial charge in [-0.05, 0) is 19.0 Å². The number of hydrogen-bond acceptors (Lipinski definition) is 5. The van der Waals surface area contributed by atoms with Crippen LogP contribution < -0.4 is 10.1 Å². The van der Waals surface area contributed by atoms with Crippen LogP contribution in [0.15, 0.2) is 22.6 Å². The van der Waals surface area contributed by atoms with E-state index >= 15 is 0 Å². The van der Waals surface area contributed by atoms with E-state index in [2.05, 4.69) is 28.5 Å². The summed E-state index contributed by atoms with van der Waals surface area (Å²) in [6.45, 7) is 7.89. The maximum absolute atomic E-state index is 5.83. The van der Waals surface area contributed by atoms with E-state index < -0.39 is 0 Å². The van der Waals surface area contributed by atoms with Gasteiger partial charge in [0.1, 0.15) is 5.75 Å². The van der Waals surface area contributed by atoms with Crippen LogP contribution in [0.2, 0.25) is 0 Å². The van der Waals surface area contributed by atoms with Crippen molar-refractivity contribution >= 4 is 0 Å². The average Bonchev–Trinajstić information content (AvgIpc) is 2.81. The van der Waals surface area contributed by atoms with Crippen molar-refractivity contribution in [2.45, 2.75) is 33.9 Å². The maximum atomic E-state index is 5.83. The van der Waals surface area contributed by atoms with E-state index in [1.165, 1.54) is 0 Å². The summed E-state index contributed by atoms with van der Waals surface area (Å²) in [5.74, 6) is 1.94. The van der Waals surface area contributed by atoms with Crippen molar-refractivity contribution < 1.29 is 9.15 Å². The van der Waals surface area contributed by atoms with E-state index in [-0.39, 0.29) is 0 Å². The van der Waals surface area contributed by atoms with Gasteiger partial charge in [-0.15, -0.1) is 10.2 Å². The first-order valence-corrected chi connectivity index (χ1v) is 6.41. The monoisotopic (exact) mass is 261 g/mol. The summed E-state index contributed by atoms with van der Waals surface area (Å²) < 4.78 is 11.1. The molecule has 0 unspecified atom stereocenters. The van der Waals surface area contributed by atoms with Gasteiger partial charge in [-0.1, -0.05) is 25.1 Å². The Balaban J connectivity index is 2.09. The number of aromatic nitrogens is 2. The quantitative estimate of drug-likeness (QED) is 0.865. The lowest BCUT2D eigenvalue weighted by molar-refractivity contribution is 0.256. The standard InChI is InChI=1S/C14H19N3O2/c1-4-15-8-12-7-5-6-10(2)14(12)18-9-13-17-16-11(3)19-13/h5-7,15H,4,8-9H2,1-3H3. The highest BCUT2D eigenvalue weighted by atomic mass is 16.5. The Morgan fingerprint density at radius 3 is 2.79 bits per heavy atom. The van der Waals surface area contributed by atoms with Crippen molar-refractivity contribution in [2.24, 2.45) is 0 Å². The summed E-state index contributed by atoms with van der Waals surface area (Å²) in [7, 11) is 0. The van der Waals surface area contributed by atoms with Gasteiger partial charge < -0.3 is 14.5 Å². The van der Waals surface area contributed by atoms with Crippen molar-refractivity contribution in [1.29, 1.82) is 0 Å². The third-order valence-electron chi connectivity index (χ3n) is 2.77. The van der Waals surface area contributed by atoms with Crippen molar-refractivity contribution in [2.75, 3.05) is 6.54 Å². The van der Waals surface area contributed by atoms with Crippen molar-refractivity contribution in [3.8, 4) is 5.75 Å². The van der Waals surface area contributed by atoms with Crippen LogP contribution in [0.25, 0.3) is 0 Å². The fraction of sp³-hybridized carbons (Fsp3) is 0.429. The molecule has 0 spiro atoms. The summed E-state index contributed by atoms with van der Waals surface area (Å²) in [5, 5.41) is 11.0. The van der Waals surface area contributed by atoms with Gasteiger partial charge in [-0.2, -0.15) is 0 Å². The molecule has 0 aliphatic heterocycles. The highest BCUT2D eigenvalue weighted by Gasteiger charge is 2.09. The number of nitrogens with zero attached hydrogens (tertiary/aromatic N) is 2. The van der Waals surface area contributed by atoms with Crippen LogP contribution in [0.5, 0.6) is 5.75 Å². The van der Waals surface area contributed by atoms with Crippen LogP contribution in [0, 0.1) is 13.8 Å². The molecule has 5 nitrogen and oxygen atoms in total. The lowest BCUT2D eigenvalue weighted by Gasteiger charge is -2.13. The summed E-state index contributed by atoms with van der Waals surface area (Å²) in [6, 6.07) is 6.12. The van der Waals surface area contributed by atoms with Crippen LogP contribution in [-0.2, 0) is 13.2 Å². The molecule has 1 aromatic heterocycles. The number of para-hydroxylation sites is 1. The minimum atomic E-state index is 0.296. The zero-order valence-electron chi connectivity index (χ0n) is 11.6. The molecule has 1 N–H and O–H groups in total. The predicted octanol–water partition coefficient (Wildman–Crippen LogP) is 2.37. The van der Waals surface area contributed by atoms with Crippen molar-refractivity contribution in [3.63, 3.8) is 0 Å². The van der Waals surface area contributed by atoms with Crippen molar-refractivity contribution in [3.05, 3.63) is 41.1 Å².